The predicted molar refractivity (Wildman–Crippen MR) is 64.7 cm³/mol. The van der Waals surface area contributed by atoms with Crippen molar-refractivity contribution in [3.63, 3.8) is 0 Å². The van der Waals surface area contributed by atoms with Gasteiger partial charge in [0.25, 0.3) is 0 Å². The van der Waals surface area contributed by atoms with E-state index in [0.29, 0.717) is 32.3 Å². The summed E-state index contributed by atoms with van der Waals surface area (Å²) in [5.74, 6) is 0.137. The zero-order valence-electron chi connectivity index (χ0n) is 10.8. The minimum Gasteiger partial charge on any atom is -0.378 e. The normalized spacial score (nSPS) is 12.7. The van der Waals surface area contributed by atoms with E-state index in [2.05, 4.69) is 19.2 Å². The van der Waals surface area contributed by atoms with Gasteiger partial charge in [0.1, 0.15) is 6.61 Å². The second-order valence-corrected chi connectivity index (χ2v) is 3.82. The first-order valence-electron chi connectivity index (χ1n) is 6.11. The SMILES string of the molecule is CCC(=O)COCCOCCNC(C)CC. The smallest absolute Gasteiger partial charge is 0.158 e. The molecule has 0 saturated carbocycles. The van der Waals surface area contributed by atoms with E-state index < -0.39 is 0 Å². The Balaban J connectivity index is 3.07. The molecule has 0 amide bonds. The van der Waals surface area contributed by atoms with Crippen molar-refractivity contribution in [1.29, 1.82) is 0 Å². The molecule has 0 spiro atoms. The molecule has 4 nitrogen and oxygen atoms in total. The van der Waals surface area contributed by atoms with Crippen LogP contribution in [0.25, 0.3) is 0 Å². The van der Waals surface area contributed by atoms with Crippen molar-refractivity contribution in [2.24, 2.45) is 0 Å². The topological polar surface area (TPSA) is 47.6 Å². The standard InChI is InChI=1S/C12H25NO3/c1-4-11(3)13-6-7-15-8-9-16-10-12(14)5-2/h11,13H,4-10H2,1-3H3. The molecule has 16 heavy (non-hydrogen) atoms. The molecule has 0 bridgehead atoms. The Labute approximate surface area is 98.7 Å². The Kier molecular flexibility index (Phi) is 10.7. The summed E-state index contributed by atoms with van der Waals surface area (Å²) in [6.45, 7) is 8.96. The molecule has 1 unspecified atom stereocenters. The van der Waals surface area contributed by atoms with E-state index in [0.717, 1.165) is 13.0 Å². The number of rotatable bonds is 11. The third-order valence-electron chi connectivity index (χ3n) is 2.38. The monoisotopic (exact) mass is 231 g/mol. The zero-order chi connectivity index (χ0) is 12.2. The zero-order valence-corrected chi connectivity index (χ0v) is 10.8. The molecule has 0 aliphatic carbocycles. The molecule has 1 N–H and O–H groups in total. The molecule has 4 heteroatoms. The van der Waals surface area contributed by atoms with Crippen molar-refractivity contribution < 1.29 is 14.3 Å². The van der Waals surface area contributed by atoms with Gasteiger partial charge in [0, 0.05) is 19.0 Å². The molecule has 0 radical (unpaired) electrons. The molecule has 96 valence electrons. The quantitative estimate of drug-likeness (QED) is 0.546. The molecule has 0 rings (SSSR count). The van der Waals surface area contributed by atoms with Crippen molar-refractivity contribution in [3.05, 3.63) is 0 Å². The van der Waals surface area contributed by atoms with Crippen molar-refractivity contribution >= 4 is 5.78 Å². The predicted octanol–water partition coefficient (Wildman–Crippen LogP) is 1.39. The minimum absolute atomic E-state index is 0.137. The summed E-state index contributed by atoms with van der Waals surface area (Å²) in [7, 11) is 0. The lowest BCUT2D eigenvalue weighted by atomic mass is 10.3. The lowest BCUT2D eigenvalue weighted by Crippen LogP contribution is -2.29. The van der Waals surface area contributed by atoms with Crippen LogP contribution in [0, 0.1) is 0 Å². The lowest BCUT2D eigenvalue weighted by Gasteiger charge is -2.11. The fourth-order valence-corrected chi connectivity index (χ4v) is 1.03. The minimum atomic E-state index is 0.137. The van der Waals surface area contributed by atoms with Crippen LogP contribution in [-0.4, -0.2) is 44.8 Å². The molecule has 0 fully saturated rings. The maximum Gasteiger partial charge on any atom is 0.158 e. The maximum absolute atomic E-state index is 10.9. The van der Waals surface area contributed by atoms with Gasteiger partial charge >= 0.3 is 0 Å². The van der Waals surface area contributed by atoms with Gasteiger partial charge in [0.05, 0.1) is 19.8 Å². The third kappa shape index (κ3) is 10.1. The Bertz CT molecular complexity index is 174. The number of carbonyl (C=O) groups excluding carboxylic acids is 1. The van der Waals surface area contributed by atoms with Crippen molar-refractivity contribution in [2.75, 3.05) is 33.0 Å². The van der Waals surface area contributed by atoms with Gasteiger partial charge in [-0.3, -0.25) is 4.79 Å². The average Bonchev–Trinajstić information content (AvgIpc) is 2.31. The van der Waals surface area contributed by atoms with E-state index in [-0.39, 0.29) is 12.4 Å². The molecule has 0 saturated heterocycles. The fraction of sp³-hybridized carbons (Fsp3) is 0.917. The summed E-state index contributed by atoms with van der Waals surface area (Å²) in [5.41, 5.74) is 0. The first kappa shape index (κ1) is 15.6. The molecule has 0 aromatic carbocycles. The van der Waals surface area contributed by atoms with Crippen LogP contribution in [-0.2, 0) is 14.3 Å². The fourth-order valence-electron chi connectivity index (χ4n) is 1.03. The van der Waals surface area contributed by atoms with Gasteiger partial charge in [-0.1, -0.05) is 13.8 Å². The summed E-state index contributed by atoms with van der Waals surface area (Å²) < 4.78 is 10.5. The van der Waals surface area contributed by atoms with Crippen LogP contribution in [0.5, 0.6) is 0 Å². The van der Waals surface area contributed by atoms with Gasteiger partial charge in [-0.25, -0.2) is 0 Å². The van der Waals surface area contributed by atoms with Gasteiger partial charge in [0.15, 0.2) is 5.78 Å². The lowest BCUT2D eigenvalue weighted by molar-refractivity contribution is -0.123. The van der Waals surface area contributed by atoms with E-state index in [9.17, 15) is 4.79 Å². The highest BCUT2D eigenvalue weighted by Crippen LogP contribution is 1.87. The van der Waals surface area contributed by atoms with Gasteiger partial charge in [0.2, 0.25) is 0 Å². The molecule has 0 heterocycles. The van der Waals surface area contributed by atoms with E-state index in [1.807, 2.05) is 6.92 Å². The summed E-state index contributed by atoms with van der Waals surface area (Å²) in [4.78, 5) is 10.9. The summed E-state index contributed by atoms with van der Waals surface area (Å²) in [6, 6.07) is 0.544. The summed E-state index contributed by atoms with van der Waals surface area (Å²) in [6.07, 6.45) is 1.67. The summed E-state index contributed by atoms with van der Waals surface area (Å²) >= 11 is 0. The second kappa shape index (κ2) is 11.0. The number of nitrogens with one attached hydrogen (secondary N) is 1. The first-order valence-corrected chi connectivity index (χ1v) is 6.11. The first-order chi connectivity index (χ1) is 7.70. The highest BCUT2D eigenvalue weighted by molar-refractivity contribution is 5.79. The van der Waals surface area contributed by atoms with Gasteiger partial charge in [-0.15, -0.1) is 0 Å². The van der Waals surface area contributed by atoms with Crippen molar-refractivity contribution in [2.45, 2.75) is 39.7 Å². The highest BCUT2D eigenvalue weighted by Gasteiger charge is 1.98. The molecule has 0 aliphatic rings. The van der Waals surface area contributed by atoms with E-state index in [4.69, 9.17) is 9.47 Å². The van der Waals surface area contributed by atoms with Crippen LogP contribution >= 0.6 is 0 Å². The number of carbonyl (C=O) groups is 1. The molecule has 0 aromatic heterocycles. The molecular weight excluding hydrogens is 206 g/mol. The summed E-state index contributed by atoms with van der Waals surface area (Å²) in [5, 5.41) is 3.33. The van der Waals surface area contributed by atoms with Crippen LogP contribution in [0.4, 0.5) is 0 Å². The average molecular weight is 231 g/mol. The van der Waals surface area contributed by atoms with E-state index >= 15 is 0 Å². The van der Waals surface area contributed by atoms with Crippen LogP contribution in [0.3, 0.4) is 0 Å². The van der Waals surface area contributed by atoms with E-state index in [1.165, 1.54) is 0 Å². The second-order valence-electron chi connectivity index (χ2n) is 3.82. The van der Waals surface area contributed by atoms with Crippen LogP contribution in [0.15, 0.2) is 0 Å². The third-order valence-corrected chi connectivity index (χ3v) is 2.38. The number of ether oxygens (including phenoxy) is 2. The largest absolute Gasteiger partial charge is 0.378 e. The Morgan fingerprint density at radius 1 is 1.19 bits per heavy atom. The van der Waals surface area contributed by atoms with E-state index in [1.54, 1.807) is 0 Å². The highest BCUT2D eigenvalue weighted by atomic mass is 16.5. The number of hydrogen-bond donors (Lipinski definition) is 1. The van der Waals surface area contributed by atoms with Gasteiger partial charge in [-0.2, -0.15) is 0 Å². The van der Waals surface area contributed by atoms with Crippen molar-refractivity contribution in [1.82, 2.24) is 5.32 Å². The van der Waals surface area contributed by atoms with Crippen LogP contribution in [0.2, 0.25) is 0 Å². The van der Waals surface area contributed by atoms with Gasteiger partial charge < -0.3 is 14.8 Å². The number of ketones is 1. The number of hydrogen-bond acceptors (Lipinski definition) is 4. The van der Waals surface area contributed by atoms with Crippen molar-refractivity contribution in [3.8, 4) is 0 Å². The van der Waals surface area contributed by atoms with Crippen LogP contribution < -0.4 is 5.32 Å². The molecule has 1 atom stereocenters. The molecular formula is C12H25NO3. The Morgan fingerprint density at radius 2 is 1.88 bits per heavy atom. The van der Waals surface area contributed by atoms with Gasteiger partial charge in [-0.05, 0) is 13.3 Å². The Hall–Kier alpha value is -0.450. The molecule has 0 aliphatic heterocycles. The number of Topliss-reactive ketones (excluding diaryl/α,β-unsaturated/α-hetero) is 1. The molecule has 0 aromatic rings. The van der Waals surface area contributed by atoms with Crippen LogP contribution in [0.1, 0.15) is 33.6 Å². The maximum atomic E-state index is 10.9. The Morgan fingerprint density at radius 3 is 2.50 bits per heavy atom.